The lowest BCUT2D eigenvalue weighted by Crippen LogP contribution is -2.05. The van der Waals surface area contributed by atoms with Crippen molar-refractivity contribution in [3.8, 4) is 0 Å². The minimum absolute atomic E-state index is 0.123. The number of aliphatic hydroxyl groups excluding tert-OH is 1. The maximum atomic E-state index is 8.81. The first-order valence-corrected chi connectivity index (χ1v) is 3.70. The third-order valence-electron chi connectivity index (χ3n) is 1.55. The Morgan fingerprint density at radius 2 is 2.09 bits per heavy atom. The maximum Gasteiger partial charge on any atom is 0.0681 e. The molecule has 0 aliphatic carbocycles. The molecule has 0 bridgehead atoms. The summed E-state index contributed by atoms with van der Waals surface area (Å²) in [5, 5.41) is 11.9. The number of benzene rings is 1. The quantitative estimate of drug-likeness (QED) is 0.672. The van der Waals surface area contributed by atoms with Gasteiger partial charge in [0.1, 0.15) is 0 Å². The van der Waals surface area contributed by atoms with Crippen LogP contribution in [-0.2, 0) is 13.2 Å². The highest BCUT2D eigenvalue weighted by Gasteiger charge is 1.92. The van der Waals surface area contributed by atoms with Crippen LogP contribution in [0.4, 0.5) is 0 Å². The van der Waals surface area contributed by atoms with E-state index in [1.807, 2.05) is 31.3 Å². The zero-order valence-electron chi connectivity index (χ0n) is 6.67. The summed E-state index contributed by atoms with van der Waals surface area (Å²) in [5.41, 5.74) is 2.18. The van der Waals surface area contributed by atoms with Crippen LogP contribution in [0.5, 0.6) is 0 Å². The van der Waals surface area contributed by atoms with Crippen LogP contribution in [0.2, 0.25) is 0 Å². The Hall–Kier alpha value is -0.860. The predicted octanol–water partition coefficient (Wildman–Crippen LogP) is 0.898. The van der Waals surface area contributed by atoms with Gasteiger partial charge in [-0.3, -0.25) is 0 Å². The predicted molar refractivity (Wildman–Crippen MR) is 45.1 cm³/mol. The third-order valence-corrected chi connectivity index (χ3v) is 1.55. The van der Waals surface area contributed by atoms with E-state index in [0.29, 0.717) is 0 Å². The van der Waals surface area contributed by atoms with Gasteiger partial charge in [-0.25, -0.2) is 0 Å². The van der Waals surface area contributed by atoms with Crippen LogP contribution in [0.15, 0.2) is 24.3 Å². The molecule has 0 aliphatic heterocycles. The minimum atomic E-state index is 0.123. The summed E-state index contributed by atoms with van der Waals surface area (Å²) >= 11 is 0. The Morgan fingerprint density at radius 1 is 1.36 bits per heavy atom. The molecule has 0 aliphatic rings. The Kier molecular flexibility index (Phi) is 3.08. The zero-order chi connectivity index (χ0) is 8.10. The lowest BCUT2D eigenvalue weighted by Gasteiger charge is -2.01. The standard InChI is InChI=1S/C9H13NO/c1-10-6-8-3-2-4-9(5-8)7-11/h2-5,10-11H,6-7H2,1H3. The van der Waals surface area contributed by atoms with Crippen molar-refractivity contribution < 1.29 is 5.11 Å². The monoisotopic (exact) mass is 151 g/mol. The molecule has 0 radical (unpaired) electrons. The third kappa shape index (κ3) is 2.33. The van der Waals surface area contributed by atoms with Crippen LogP contribution in [0.3, 0.4) is 0 Å². The van der Waals surface area contributed by atoms with Gasteiger partial charge in [-0.15, -0.1) is 0 Å². The van der Waals surface area contributed by atoms with E-state index < -0.39 is 0 Å². The van der Waals surface area contributed by atoms with E-state index in [9.17, 15) is 0 Å². The molecule has 60 valence electrons. The molecule has 2 heteroatoms. The van der Waals surface area contributed by atoms with E-state index >= 15 is 0 Å². The van der Waals surface area contributed by atoms with Crippen molar-refractivity contribution in [1.29, 1.82) is 0 Å². The minimum Gasteiger partial charge on any atom is -0.392 e. The highest BCUT2D eigenvalue weighted by Crippen LogP contribution is 2.04. The number of rotatable bonds is 3. The van der Waals surface area contributed by atoms with Crippen molar-refractivity contribution in [3.63, 3.8) is 0 Å². The fourth-order valence-electron chi connectivity index (χ4n) is 1.04. The van der Waals surface area contributed by atoms with Gasteiger partial charge in [0.2, 0.25) is 0 Å². The molecule has 11 heavy (non-hydrogen) atoms. The van der Waals surface area contributed by atoms with Gasteiger partial charge in [0.05, 0.1) is 6.61 Å². The van der Waals surface area contributed by atoms with Gasteiger partial charge < -0.3 is 10.4 Å². The second kappa shape index (κ2) is 4.11. The average Bonchev–Trinajstić information content (AvgIpc) is 2.06. The van der Waals surface area contributed by atoms with Crippen LogP contribution in [0, 0.1) is 0 Å². The largest absolute Gasteiger partial charge is 0.392 e. The normalized spacial score (nSPS) is 10.0. The summed E-state index contributed by atoms with van der Waals surface area (Å²) in [7, 11) is 1.91. The van der Waals surface area contributed by atoms with Crippen molar-refractivity contribution in [1.82, 2.24) is 5.32 Å². The lowest BCUT2D eigenvalue weighted by molar-refractivity contribution is 0.281. The van der Waals surface area contributed by atoms with Gasteiger partial charge in [0.15, 0.2) is 0 Å². The second-order valence-corrected chi connectivity index (χ2v) is 2.51. The molecule has 0 amide bonds. The molecule has 1 aromatic carbocycles. The van der Waals surface area contributed by atoms with Crippen LogP contribution in [-0.4, -0.2) is 12.2 Å². The first kappa shape index (κ1) is 8.24. The second-order valence-electron chi connectivity index (χ2n) is 2.51. The molecule has 0 saturated carbocycles. The summed E-state index contributed by atoms with van der Waals surface area (Å²) < 4.78 is 0. The van der Waals surface area contributed by atoms with E-state index in [0.717, 1.165) is 12.1 Å². The number of hydrogen-bond acceptors (Lipinski definition) is 2. The molecule has 2 N–H and O–H groups in total. The van der Waals surface area contributed by atoms with E-state index in [-0.39, 0.29) is 6.61 Å². The van der Waals surface area contributed by atoms with Crippen molar-refractivity contribution >= 4 is 0 Å². The van der Waals surface area contributed by atoms with Gasteiger partial charge in [0, 0.05) is 6.54 Å². The van der Waals surface area contributed by atoms with Gasteiger partial charge in [-0.05, 0) is 18.2 Å². The summed E-state index contributed by atoms with van der Waals surface area (Å²) in [5.74, 6) is 0. The molecule has 1 aromatic rings. The molecule has 0 atom stereocenters. The smallest absolute Gasteiger partial charge is 0.0681 e. The van der Waals surface area contributed by atoms with E-state index in [1.54, 1.807) is 0 Å². The summed E-state index contributed by atoms with van der Waals surface area (Å²) in [4.78, 5) is 0. The molecule has 0 heterocycles. The van der Waals surface area contributed by atoms with E-state index in [4.69, 9.17) is 5.11 Å². The molecule has 0 unspecified atom stereocenters. The van der Waals surface area contributed by atoms with Crippen molar-refractivity contribution in [2.45, 2.75) is 13.2 Å². The van der Waals surface area contributed by atoms with Crippen molar-refractivity contribution in [3.05, 3.63) is 35.4 Å². The molecule has 0 fully saturated rings. The van der Waals surface area contributed by atoms with Gasteiger partial charge in [-0.2, -0.15) is 0 Å². The molecule has 0 saturated heterocycles. The fourth-order valence-corrected chi connectivity index (χ4v) is 1.04. The van der Waals surface area contributed by atoms with Gasteiger partial charge >= 0.3 is 0 Å². The lowest BCUT2D eigenvalue weighted by atomic mass is 10.1. The fraction of sp³-hybridized carbons (Fsp3) is 0.333. The van der Waals surface area contributed by atoms with Crippen LogP contribution in [0.1, 0.15) is 11.1 Å². The SMILES string of the molecule is CNCc1cccc(CO)c1. The molecular formula is C9H13NO. The first-order valence-electron chi connectivity index (χ1n) is 3.70. The topological polar surface area (TPSA) is 32.3 Å². The van der Waals surface area contributed by atoms with E-state index in [2.05, 4.69) is 5.32 Å². The Bertz CT molecular complexity index is 223. The first-order chi connectivity index (χ1) is 5.36. The van der Waals surface area contributed by atoms with Crippen LogP contribution in [0.25, 0.3) is 0 Å². The molecule has 1 rings (SSSR count). The number of nitrogens with one attached hydrogen (secondary N) is 1. The molecular weight excluding hydrogens is 138 g/mol. The Morgan fingerprint density at radius 3 is 2.73 bits per heavy atom. The van der Waals surface area contributed by atoms with Gasteiger partial charge in [-0.1, -0.05) is 24.3 Å². The molecule has 0 aromatic heterocycles. The van der Waals surface area contributed by atoms with E-state index in [1.165, 1.54) is 5.56 Å². The highest BCUT2D eigenvalue weighted by molar-refractivity contribution is 5.22. The summed E-state index contributed by atoms with van der Waals surface area (Å²) in [6, 6.07) is 7.91. The van der Waals surface area contributed by atoms with Crippen molar-refractivity contribution in [2.24, 2.45) is 0 Å². The molecule has 2 nitrogen and oxygen atoms in total. The summed E-state index contributed by atoms with van der Waals surface area (Å²) in [6.07, 6.45) is 0. The van der Waals surface area contributed by atoms with Crippen molar-refractivity contribution in [2.75, 3.05) is 7.05 Å². The van der Waals surface area contributed by atoms with Crippen LogP contribution < -0.4 is 5.32 Å². The molecule has 0 spiro atoms. The van der Waals surface area contributed by atoms with Gasteiger partial charge in [0.25, 0.3) is 0 Å². The Labute approximate surface area is 66.9 Å². The maximum absolute atomic E-state index is 8.81. The number of hydrogen-bond donors (Lipinski definition) is 2. The number of aliphatic hydroxyl groups is 1. The van der Waals surface area contributed by atoms with Crippen LogP contribution >= 0.6 is 0 Å². The Balaban J connectivity index is 2.74. The average molecular weight is 151 g/mol. The zero-order valence-corrected chi connectivity index (χ0v) is 6.67. The highest BCUT2D eigenvalue weighted by atomic mass is 16.3. The summed E-state index contributed by atoms with van der Waals surface area (Å²) in [6.45, 7) is 0.978.